The number of alkyl halides is 1. The molecule has 0 aliphatic rings. The van der Waals surface area contributed by atoms with Gasteiger partial charge in [-0.1, -0.05) is 52.4 Å². The molecule has 2 aromatic rings. The molecule has 88 valence electrons. The van der Waals surface area contributed by atoms with Crippen LogP contribution in [0.1, 0.15) is 11.1 Å². The van der Waals surface area contributed by atoms with Gasteiger partial charge in [0.05, 0.1) is 0 Å². The molecule has 0 saturated heterocycles. The molecule has 0 aliphatic carbocycles. The minimum atomic E-state index is -0.223. The van der Waals surface area contributed by atoms with Crippen LogP contribution in [0.25, 0.3) is 11.1 Å². The van der Waals surface area contributed by atoms with Gasteiger partial charge in [-0.3, -0.25) is 0 Å². The molecule has 0 fully saturated rings. The largest absolute Gasteiger partial charge is 0.207 e. The van der Waals surface area contributed by atoms with Gasteiger partial charge in [0, 0.05) is 9.45 Å². The van der Waals surface area contributed by atoms with Crippen LogP contribution in [0, 0.1) is 12.7 Å². The highest BCUT2D eigenvalue weighted by atomic mass is 127. The van der Waals surface area contributed by atoms with Crippen LogP contribution in [-0.2, 0) is 4.43 Å². The van der Waals surface area contributed by atoms with E-state index in [1.165, 1.54) is 6.07 Å². The van der Waals surface area contributed by atoms with Crippen molar-refractivity contribution >= 4 is 34.2 Å². The molecule has 0 aliphatic heterocycles. The van der Waals surface area contributed by atoms with Crippen molar-refractivity contribution in [2.24, 2.45) is 0 Å². The van der Waals surface area contributed by atoms with E-state index in [0.29, 0.717) is 0 Å². The van der Waals surface area contributed by atoms with Crippen molar-refractivity contribution in [2.45, 2.75) is 11.4 Å². The zero-order valence-corrected chi connectivity index (χ0v) is 12.2. The third-order valence-corrected chi connectivity index (χ3v) is 3.88. The lowest BCUT2D eigenvalue weighted by molar-refractivity contribution is 0.628. The Bertz CT molecular complexity index is 552. The SMILES string of the molecule is Cc1ccc(F)cc1-c1ccc(CI)c(Cl)c1. The number of hydrogen-bond donors (Lipinski definition) is 0. The maximum atomic E-state index is 13.2. The van der Waals surface area contributed by atoms with E-state index in [1.807, 2.05) is 25.1 Å². The summed E-state index contributed by atoms with van der Waals surface area (Å²) in [4.78, 5) is 0. The molecule has 0 amide bonds. The fourth-order valence-electron chi connectivity index (χ4n) is 1.73. The van der Waals surface area contributed by atoms with Crippen LogP contribution in [-0.4, -0.2) is 0 Å². The number of hydrogen-bond acceptors (Lipinski definition) is 0. The van der Waals surface area contributed by atoms with Gasteiger partial charge in [0.2, 0.25) is 0 Å². The van der Waals surface area contributed by atoms with Crippen molar-refractivity contribution in [3.8, 4) is 11.1 Å². The normalized spacial score (nSPS) is 10.6. The molecule has 0 N–H and O–H groups in total. The van der Waals surface area contributed by atoms with Gasteiger partial charge in [-0.2, -0.15) is 0 Å². The predicted molar refractivity (Wildman–Crippen MR) is 79.3 cm³/mol. The minimum absolute atomic E-state index is 0.223. The average Bonchev–Trinajstić information content (AvgIpc) is 2.32. The fraction of sp³-hybridized carbons (Fsp3) is 0.143. The zero-order valence-electron chi connectivity index (χ0n) is 9.31. The maximum Gasteiger partial charge on any atom is 0.123 e. The summed E-state index contributed by atoms with van der Waals surface area (Å²) in [6, 6.07) is 10.7. The van der Waals surface area contributed by atoms with Crippen LogP contribution in [0.15, 0.2) is 36.4 Å². The van der Waals surface area contributed by atoms with E-state index in [4.69, 9.17) is 11.6 Å². The highest BCUT2D eigenvalue weighted by molar-refractivity contribution is 14.1. The molecule has 2 aromatic carbocycles. The van der Waals surface area contributed by atoms with E-state index >= 15 is 0 Å². The van der Waals surface area contributed by atoms with Crippen LogP contribution in [0.5, 0.6) is 0 Å². The second-order valence-corrected chi connectivity index (χ2v) is 5.07. The van der Waals surface area contributed by atoms with Gasteiger partial charge in [-0.05, 0) is 47.4 Å². The highest BCUT2D eigenvalue weighted by Gasteiger charge is 2.06. The molecule has 3 heteroatoms. The summed E-state index contributed by atoms with van der Waals surface area (Å²) in [6.07, 6.45) is 0. The number of rotatable bonds is 2. The van der Waals surface area contributed by atoms with Crippen molar-refractivity contribution in [3.05, 3.63) is 58.4 Å². The van der Waals surface area contributed by atoms with Gasteiger partial charge in [-0.25, -0.2) is 4.39 Å². The first-order valence-electron chi connectivity index (χ1n) is 5.22. The van der Waals surface area contributed by atoms with E-state index < -0.39 is 0 Å². The van der Waals surface area contributed by atoms with Crippen LogP contribution in [0.4, 0.5) is 4.39 Å². The Balaban J connectivity index is 2.53. The van der Waals surface area contributed by atoms with Crippen molar-refractivity contribution in [3.63, 3.8) is 0 Å². The Labute approximate surface area is 119 Å². The van der Waals surface area contributed by atoms with Crippen molar-refractivity contribution < 1.29 is 4.39 Å². The Morgan fingerprint density at radius 2 is 1.94 bits per heavy atom. The van der Waals surface area contributed by atoms with Gasteiger partial charge in [-0.15, -0.1) is 0 Å². The van der Waals surface area contributed by atoms with Gasteiger partial charge in [0.1, 0.15) is 5.82 Å². The quantitative estimate of drug-likeness (QED) is 0.497. The molecule has 2 rings (SSSR count). The van der Waals surface area contributed by atoms with Crippen molar-refractivity contribution in [2.75, 3.05) is 0 Å². The predicted octanol–water partition coefficient (Wildman–Crippen LogP) is 5.39. The van der Waals surface area contributed by atoms with E-state index in [1.54, 1.807) is 12.1 Å². The summed E-state index contributed by atoms with van der Waals surface area (Å²) >= 11 is 8.45. The van der Waals surface area contributed by atoms with Crippen LogP contribution in [0.3, 0.4) is 0 Å². The van der Waals surface area contributed by atoms with Crippen LogP contribution < -0.4 is 0 Å². The Hall–Kier alpha value is -0.610. The maximum absolute atomic E-state index is 13.2. The summed E-state index contributed by atoms with van der Waals surface area (Å²) in [5.41, 5.74) is 4.00. The molecule has 0 aromatic heterocycles. The molecule has 0 radical (unpaired) electrons. The lowest BCUT2D eigenvalue weighted by atomic mass is 9.99. The smallest absolute Gasteiger partial charge is 0.123 e. The lowest BCUT2D eigenvalue weighted by Crippen LogP contribution is -1.87. The van der Waals surface area contributed by atoms with Crippen LogP contribution in [0.2, 0.25) is 5.02 Å². The number of aryl methyl sites for hydroxylation is 1. The molecule has 0 nitrogen and oxygen atoms in total. The van der Waals surface area contributed by atoms with Gasteiger partial charge >= 0.3 is 0 Å². The molecule has 0 spiro atoms. The average molecular weight is 361 g/mol. The summed E-state index contributed by atoms with van der Waals surface area (Å²) in [5, 5.41) is 0.737. The van der Waals surface area contributed by atoms with Gasteiger partial charge in [0.15, 0.2) is 0 Å². The topological polar surface area (TPSA) is 0 Å². The van der Waals surface area contributed by atoms with Crippen LogP contribution >= 0.6 is 34.2 Å². The van der Waals surface area contributed by atoms with E-state index in [0.717, 1.165) is 31.7 Å². The standard InChI is InChI=1S/C14H11ClFI/c1-9-2-5-12(16)7-13(9)10-3-4-11(8-17)14(15)6-10/h2-7H,8H2,1H3. The molecule has 0 bridgehead atoms. The molecule has 0 unspecified atom stereocenters. The number of halogens is 3. The van der Waals surface area contributed by atoms with E-state index in [-0.39, 0.29) is 5.82 Å². The summed E-state index contributed by atoms with van der Waals surface area (Å²) in [6.45, 7) is 1.97. The first-order valence-corrected chi connectivity index (χ1v) is 7.13. The molecule has 0 heterocycles. The summed E-state index contributed by atoms with van der Waals surface area (Å²) < 4.78 is 14.1. The highest BCUT2D eigenvalue weighted by Crippen LogP contribution is 2.29. The van der Waals surface area contributed by atoms with Gasteiger partial charge < -0.3 is 0 Å². The van der Waals surface area contributed by atoms with E-state index in [2.05, 4.69) is 22.6 Å². The Morgan fingerprint density at radius 1 is 1.18 bits per heavy atom. The van der Waals surface area contributed by atoms with Gasteiger partial charge in [0.25, 0.3) is 0 Å². The number of benzene rings is 2. The van der Waals surface area contributed by atoms with Crippen molar-refractivity contribution in [1.29, 1.82) is 0 Å². The monoisotopic (exact) mass is 360 g/mol. The second-order valence-electron chi connectivity index (χ2n) is 3.90. The summed E-state index contributed by atoms with van der Waals surface area (Å²) in [7, 11) is 0. The Kier molecular flexibility index (Phi) is 4.05. The van der Waals surface area contributed by atoms with E-state index in [9.17, 15) is 4.39 Å². The second kappa shape index (κ2) is 5.36. The van der Waals surface area contributed by atoms with Crippen molar-refractivity contribution in [1.82, 2.24) is 0 Å². The molecule has 0 saturated carbocycles. The first kappa shape index (κ1) is 12.8. The third-order valence-electron chi connectivity index (χ3n) is 2.71. The molecule has 0 atom stereocenters. The fourth-order valence-corrected chi connectivity index (χ4v) is 2.87. The Morgan fingerprint density at radius 3 is 2.59 bits per heavy atom. The molecular weight excluding hydrogens is 350 g/mol. The molecule has 17 heavy (non-hydrogen) atoms. The lowest BCUT2D eigenvalue weighted by Gasteiger charge is -2.08. The third kappa shape index (κ3) is 2.80. The molecular formula is C14H11ClFI. The first-order chi connectivity index (χ1) is 8.11. The summed E-state index contributed by atoms with van der Waals surface area (Å²) in [5.74, 6) is -0.223. The minimum Gasteiger partial charge on any atom is -0.207 e. The zero-order chi connectivity index (χ0) is 12.4.